The molecule has 3 rings (SSSR count). The Labute approximate surface area is 142 Å². The third-order valence-corrected chi connectivity index (χ3v) is 4.96. The van der Waals surface area contributed by atoms with Crippen molar-refractivity contribution >= 4 is 33.2 Å². The molecule has 0 saturated heterocycles. The van der Waals surface area contributed by atoms with Crippen molar-refractivity contribution < 1.29 is 9.53 Å². The highest BCUT2D eigenvalue weighted by Crippen LogP contribution is 2.38. The molecule has 1 aliphatic heterocycles. The van der Waals surface area contributed by atoms with E-state index >= 15 is 0 Å². The molecule has 2 heterocycles. The van der Waals surface area contributed by atoms with E-state index < -0.39 is 0 Å². The second-order valence-electron chi connectivity index (χ2n) is 5.63. The van der Waals surface area contributed by atoms with Crippen LogP contribution in [0.1, 0.15) is 28.5 Å². The fourth-order valence-electron chi connectivity index (χ4n) is 2.27. The largest absolute Gasteiger partial charge is 0.492 e. The van der Waals surface area contributed by atoms with Crippen LogP contribution in [0.2, 0.25) is 0 Å². The Morgan fingerprint density at radius 2 is 2.32 bits per heavy atom. The predicted octanol–water partition coefficient (Wildman–Crippen LogP) is 3.89. The van der Waals surface area contributed by atoms with Gasteiger partial charge in [0.1, 0.15) is 5.75 Å². The van der Waals surface area contributed by atoms with Crippen molar-refractivity contribution in [1.82, 2.24) is 10.3 Å². The molecular formula is C16H17BrN2O2S. The lowest BCUT2D eigenvalue weighted by molar-refractivity contribution is 0.0948. The fraction of sp³-hybridized carbons (Fsp3) is 0.375. The minimum absolute atomic E-state index is 0.0913. The first-order valence-corrected chi connectivity index (χ1v) is 8.86. The first-order chi connectivity index (χ1) is 10.5. The number of aromatic nitrogens is 1. The molecule has 1 aliphatic rings. The van der Waals surface area contributed by atoms with Crippen LogP contribution >= 0.6 is 27.3 Å². The molecule has 0 aliphatic carbocycles. The van der Waals surface area contributed by atoms with Crippen molar-refractivity contribution in [3.05, 3.63) is 32.6 Å². The lowest BCUT2D eigenvalue weighted by Crippen LogP contribution is -2.27. The van der Waals surface area contributed by atoms with E-state index in [1.807, 2.05) is 18.2 Å². The molecular weight excluding hydrogens is 364 g/mol. The van der Waals surface area contributed by atoms with E-state index in [4.69, 9.17) is 4.74 Å². The zero-order valence-corrected chi connectivity index (χ0v) is 14.9. The van der Waals surface area contributed by atoms with Crippen LogP contribution < -0.4 is 10.1 Å². The second kappa shape index (κ2) is 6.38. The molecule has 4 nitrogen and oxygen atoms in total. The molecule has 1 aromatic heterocycles. The van der Waals surface area contributed by atoms with Gasteiger partial charge in [0.25, 0.3) is 5.91 Å². The topological polar surface area (TPSA) is 51.2 Å². The van der Waals surface area contributed by atoms with Crippen LogP contribution in [-0.4, -0.2) is 24.0 Å². The number of amides is 1. The van der Waals surface area contributed by atoms with Crippen LogP contribution in [0.5, 0.6) is 5.75 Å². The summed E-state index contributed by atoms with van der Waals surface area (Å²) in [7, 11) is 0. The number of carbonyl (C=O) groups excluding carboxylic acids is 1. The van der Waals surface area contributed by atoms with Gasteiger partial charge >= 0.3 is 0 Å². The van der Waals surface area contributed by atoms with E-state index in [0.29, 0.717) is 24.1 Å². The van der Waals surface area contributed by atoms with E-state index in [2.05, 4.69) is 40.1 Å². The number of ether oxygens (including phenoxy) is 1. The summed E-state index contributed by atoms with van der Waals surface area (Å²) in [5.74, 6) is 1.15. The van der Waals surface area contributed by atoms with Crippen LogP contribution in [0.25, 0.3) is 11.3 Å². The van der Waals surface area contributed by atoms with E-state index in [1.165, 1.54) is 11.3 Å². The highest BCUT2D eigenvalue weighted by atomic mass is 79.9. The molecule has 0 unspecified atom stereocenters. The summed E-state index contributed by atoms with van der Waals surface area (Å²) in [6, 6.07) is 5.90. The predicted molar refractivity (Wildman–Crippen MR) is 91.6 cm³/mol. The first kappa shape index (κ1) is 15.5. The number of hydrogen-bond acceptors (Lipinski definition) is 4. The van der Waals surface area contributed by atoms with Crippen molar-refractivity contribution in [1.29, 1.82) is 0 Å². The summed E-state index contributed by atoms with van der Waals surface area (Å²) in [5.41, 5.74) is 1.83. The van der Waals surface area contributed by atoms with Gasteiger partial charge in [-0.25, -0.2) is 4.98 Å². The molecule has 0 atom stereocenters. The van der Waals surface area contributed by atoms with E-state index in [0.717, 1.165) is 32.8 Å². The van der Waals surface area contributed by atoms with Crippen molar-refractivity contribution in [3.63, 3.8) is 0 Å². The van der Waals surface area contributed by atoms with Crippen LogP contribution in [0.15, 0.2) is 22.7 Å². The van der Waals surface area contributed by atoms with Gasteiger partial charge in [-0.2, -0.15) is 0 Å². The molecule has 0 saturated carbocycles. The Balaban J connectivity index is 1.94. The van der Waals surface area contributed by atoms with Gasteiger partial charge in [-0.1, -0.05) is 29.8 Å². The van der Waals surface area contributed by atoms with E-state index in [1.54, 1.807) is 0 Å². The molecule has 116 valence electrons. The molecule has 0 spiro atoms. The summed E-state index contributed by atoms with van der Waals surface area (Å²) in [4.78, 5) is 17.9. The van der Waals surface area contributed by atoms with E-state index in [9.17, 15) is 4.79 Å². The van der Waals surface area contributed by atoms with Gasteiger partial charge in [0.2, 0.25) is 0 Å². The second-order valence-corrected chi connectivity index (χ2v) is 7.63. The number of thiazole rings is 1. The van der Waals surface area contributed by atoms with Gasteiger partial charge in [-0.3, -0.25) is 4.79 Å². The maximum Gasteiger partial charge on any atom is 0.280 e. The Bertz CT molecular complexity index is 712. The Kier molecular flexibility index (Phi) is 4.49. The number of carbonyl (C=O) groups is 1. The summed E-state index contributed by atoms with van der Waals surface area (Å²) < 4.78 is 6.76. The molecule has 0 bridgehead atoms. The van der Waals surface area contributed by atoms with Gasteiger partial charge in [0, 0.05) is 27.9 Å². The third kappa shape index (κ3) is 3.17. The number of nitrogens with one attached hydrogen (secondary N) is 1. The van der Waals surface area contributed by atoms with Crippen LogP contribution in [0.4, 0.5) is 0 Å². The van der Waals surface area contributed by atoms with Crippen LogP contribution in [0.3, 0.4) is 0 Å². The van der Waals surface area contributed by atoms with Gasteiger partial charge in [-0.05, 0) is 24.1 Å². The maximum absolute atomic E-state index is 12.2. The molecule has 6 heteroatoms. The molecule has 0 fully saturated rings. The zero-order valence-electron chi connectivity index (χ0n) is 12.5. The smallest absolute Gasteiger partial charge is 0.280 e. The highest BCUT2D eigenvalue weighted by molar-refractivity contribution is 9.10. The number of fused-ring (bicyclic) bond motifs is 3. The normalized spacial score (nSPS) is 13.1. The minimum Gasteiger partial charge on any atom is -0.492 e. The first-order valence-electron chi connectivity index (χ1n) is 7.25. The standard InChI is InChI=1S/C16H17BrN2O2S/c1-9(2)8-18-15(20)16-19-14-11-4-3-10(17)7-12(11)21-6-5-13(14)22-16/h3-4,7,9H,5-6,8H2,1-2H3,(H,18,20). The van der Waals surface area contributed by atoms with Gasteiger partial charge in [0.15, 0.2) is 5.01 Å². The van der Waals surface area contributed by atoms with Gasteiger partial charge in [0.05, 0.1) is 12.3 Å². The summed E-state index contributed by atoms with van der Waals surface area (Å²) in [6.45, 7) is 5.41. The maximum atomic E-state index is 12.2. The number of rotatable bonds is 3. The SMILES string of the molecule is CC(C)CNC(=O)c1nc2c(s1)CCOc1cc(Br)ccc1-2. The summed E-state index contributed by atoms with van der Waals surface area (Å²) >= 11 is 4.92. The van der Waals surface area contributed by atoms with Gasteiger partial charge < -0.3 is 10.1 Å². The molecule has 1 amide bonds. The van der Waals surface area contributed by atoms with Crippen molar-refractivity contribution in [2.75, 3.05) is 13.2 Å². The zero-order chi connectivity index (χ0) is 15.7. The molecule has 2 aromatic rings. The fourth-order valence-corrected chi connectivity index (χ4v) is 3.58. The lowest BCUT2D eigenvalue weighted by Gasteiger charge is -2.07. The van der Waals surface area contributed by atoms with Gasteiger partial charge in [-0.15, -0.1) is 11.3 Å². The quantitative estimate of drug-likeness (QED) is 0.878. The average molecular weight is 381 g/mol. The lowest BCUT2D eigenvalue weighted by atomic mass is 10.1. The summed E-state index contributed by atoms with van der Waals surface area (Å²) in [5, 5.41) is 3.46. The summed E-state index contributed by atoms with van der Waals surface area (Å²) in [6.07, 6.45) is 0.775. The Morgan fingerprint density at radius 3 is 3.09 bits per heavy atom. The molecule has 0 radical (unpaired) electrons. The monoisotopic (exact) mass is 380 g/mol. The number of nitrogens with zero attached hydrogens (tertiary/aromatic N) is 1. The molecule has 1 N–H and O–H groups in total. The van der Waals surface area contributed by atoms with Crippen molar-refractivity contribution in [3.8, 4) is 17.0 Å². The molecule has 22 heavy (non-hydrogen) atoms. The van der Waals surface area contributed by atoms with E-state index in [-0.39, 0.29) is 5.91 Å². The Morgan fingerprint density at radius 1 is 1.50 bits per heavy atom. The number of hydrogen-bond donors (Lipinski definition) is 1. The Hall–Kier alpha value is -1.40. The number of benzene rings is 1. The number of halogens is 1. The highest BCUT2D eigenvalue weighted by Gasteiger charge is 2.22. The minimum atomic E-state index is -0.0913. The van der Waals surface area contributed by atoms with Crippen LogP contribution in [0, 0.1) is 5.92 Å². The third-order valence-electron chi connectivity index (χ3n) is 3.35. The molecule has 1 aromatic carbocycles. The van der Waals surface area contributed by atoms with Crippen molar-refractivity contribution in [2.24, 2.45) is 5.92 Å². The van der Waals surface area contributed by atoms with Crippen LogP contribution in [-0.2, 0) is 6.42 Å². The average Bonchev–Trinajstić information content (AvgIpc) is 2.82. The van der Waals surface area contributed by atoms with Crippen molar-refractivity contribution in [2.45, 2.75) is 20.3 Å².